The van der Waals surface area contributed by atoms with E-state index in [1.807, 2.05) is 32.9 Å². The van der Waals surface area contributed by atoms with E-state index in [9.17, 15) is 15.3 Å². The Morgan fingerprint density at radius 2 is 1.46 bits per heavy atom. The van der Waals surface area contributed by atoms with E-state index in [4.69, 9.17) is 0 Å². The van der Waals surface area contributed by atoms with Crippen molar-refractivity contribution < 1.29 is 15.3 Å². The summed E-state index contributed by atoms with van der Waals surface area (Å²) in [5.41, 5.74) is 3.84. The van der Waals surface area contributed by atoms with Gasteiger partial charge in [-0.05, 0) is 66.6 Å². The molecule has 0 aliphatic heterocycles. The van der Waals surface area contributed by atoms with Crippen LogP contribution >= 0.6 is 0 Å². The Morgan fingerprint density at radius 1 is 0.792 bits per heavy atom. The lowest BCUT2D eigenvalue weighted by Crippen LogP contribution is -2.06. The maximum Gasteiger partial charge on any atom is 0.158 e. The molecular weight excluding hydrogens is 300 g/mol. The van der Waals surface area contributed by atoms with E-state index in [2.05, 4.69) is 0 Å². The van der Waals surface area contributed by atoms with Gasteiger partial charge >= 0.3 is 0 Å². The molecule has 1 fully saturated rings. The molecule has 0 bridgehead atoms. The Hall–Kier alpha value is -2.16. The van der Waals surface area contributed by atoms with Crippen molar-refractivity contribution in [2.75, 3.05) is 0 Å². The number of hydrogen-bond acceptors (Lipinski definition) is 3. The third-order valence-corrected chi connectivity index (χ3v) is 4.72. The number of aromatic hydroxyl groups is 3. The average molecular weight is 328 g/mol. The fraction of sp³-hybridized carbons (Fsp3) is 0.429. The summed E-state index contributed by atoms with van der Waals surface area (Å²) in [6, 6.07) is 8.51. The molecule has 0 amide bonds. The smallest absolute Gasteiger partial charge is 0.158 e. The maximum atomic E-state index is 10.3. The molecule has 0 aromatic heterocycles. The fourth-order valence-corrected chi connectivity index (χ4v) is 3.49. The van der Waals surface area contributed by atoms with Crippen molar-refractivity contribution in [1.29, 1.82) is 0 Å². The normalized spacial score (nSPS) is 14.8. The lowest BCUT2D eigenvalue weighted by Gasteiger charge is -2.24. The van der Waals surface area contributed by atoms with Gasteiger partial charge in [0.05, 0.1) is 0 Å². The van der Waals surface area contributed by atoms with Crippen molar-refractivity contribution >= 4 is 0 Å². The summed E-state index contributed by atoms with van der Waals surface area (Å²) in [5, 5.41) is 29.4. The van der Waals surface area contributed by atoms with Gasteiger partial charge in [0.2, 0.25) is 0 Å². The molecule has 2 aromatic rings. The first-order chi connectivity index (χ1) is 11.6. The highest BCUT2D eigenvalue weighted by atomic mass is 16.3. The molecule has 3 heteroatoms. The van der Waals surface area contributed by atoms with E-state index in [1.54, 1.807) is 6.07 Å². The van der Waals surface area contributed by atoms with Gasteiger partial charge in [0.1, 0.15) is 5.75 Å². The second-order valence-electron chi connectivity index (χ2n) is 6.26. The number of phenols is 3. The van der Waals surface area contributed by atoms with Crippen molar-refractivity contribution in [3.63, 3.8) is 0 Å². The second kappa shape index (κ2) is 8.09. The second-order valence-corrected chi connectivity index (χ2v) is 6.26. The Bertz CT molecular complexity index is 686. The molecule has 3 nitrogen and oxygen atoms in total. The van der Waals surface area contributed by atoms with Crippen molar-refractivity contribution in [3.05, 3.63) is 41.5 Å². The minimum atomic E-state index is -0.170. The van der Waals surface area contributed by atoms with Crippen LogP contribution in [0.15, 0.2) is 30.3 Å². The van der Waals surface area contributed by atoms with Crippen LogP contribution in [0, 0.1) is 6.92 Å². The molecule has 0 spiro atoms. The molecule has 3 rings (SSSR count). The van der Waals surface area contributed by atoms with Crippen LogP contribution in [-0.2, 0) is 0 Å². The molecule has 0 radical (unpaired) electrons. The summed E-state index contributed by atoms with van der Waals surface area (Å²) in [7, 11) is 0. The van der Waals surface area contributed by atoms with Gasteiger partial charge < -0.3 is 15.3 Å². The Balaban J connectivity index is 0.00000100. The lowest BCUT2D eigenvalue weighted by molar-refractivity contribution is 0.404. The minimum absolute atomic E-state index is 0.150. The Kier molecular flexibility index (Phi) is 6.13. The maximum absolute atomic E-state index is 10.3. The minimum Gasteiger partial charge on any atom is -0.507 e. The molecule has 1 saturated carbocycles. The van der Waals surface area contributed by atoms with E-state index < -0.39 is 0 Å². The van der Waals surface area contributed by atoms with Crippen LogP contribution in [0.5, 0.6) is 17.2 Å². The van der Waals surface area contributed by atoms with Crippen molar-refractivity contribution in [2.24, 2.45) is 0 Å². The zero-order valence-corrected chi connectivity index (χ0v) is 14.8. The summed E-state index contributed by atoms with van der Waals surface area (Å²) < 4.78 is 0. The van der Waals surface area contributed by atoms with Crippen molar-refractivity contribution in [3.8, 4) is 28.4 Å². The van der Waals surface area contributed by atoms with Gasteiger partial charge in [-0.3, -0.25) is 0 Å². The highest BCUT2D eigenvalue weighted by Gasteiger charge is 2.19. The quantitative estimate of drug-likeness (QED) is 0.606. The zero-order chi connectivity index (χ0) is 17.7. The summed E-state index contributed by atoms with van der Waals surface area (Å²) in [4.78, 5) is 0. The third kappa shape index (κ3) is 3.84. The molecule has 0 heterocycles. The van der Waals surface area contributed by atoms with Crippen molar-refractivity contribution in [2.45, 2.75) is 58.8 Å². The van der Waals surface area contributed by atoms with Gasteiger partial charge in [0, 0.05) is 5.56 Å². The lowest BCUT2D eigenvalue weighted by atomic mass is 9.81. The number of aryl methyl sites for hydroxylation is 1. The van der Waals surface area contributed by atoms with E-state index in [0.29, 0.717) is 17.0 Å². The predicted octanol–water partition coefficient (Wildman–Crippen LogP) is 5.85. The van der Waals surface area contributed by atoms with E-state index in [-0.39, 0.29) is 17.2 Å². The van der Waals surface area contributed by atoms with Gasteiger partial charge in [0.25, 0.3) is 0 Å². The predicted molar refractivity (Wildman–Crippen MR) is 98.8 cm³/mol. The van der Waals surface area contributed by atoms with E-state index in [1.165, 1.54) is 49.8 Å². The molecule has 0 saturated heterocycles. The van der Waals surface area contributed by atoms with Crippen molar-refractivity contribution in [1.82, 2.24) is 0 Å². The third-order valence-electron chi connectivity index (χ3n) is 4.72. The first-order valence-corrected chi connectivity index (χ1v) is 8.92. The van der Waals surface area contributed by atoms with Gasteiger partial charge in [-0.2, -0.15) is 0 Å². The molecule has 2 aromatic carbocycles. The Labute approximate surface area is 144 Å². The van der Waals surface area contributed by atoms with Crippen LogP contribution in [0.4, 0.5) is 0 Å². The molecule has 0 atom stereocenters. The molecule has 1 aliphatic rings. The largest absolute Gasteiger partial charge is 0.507 e. The highest BCUT2D eigenvalue weighted by Crippen LogP contribution is 2.41. The summed E-state index contributed by atoms with van der Waals surface area (Å²) in [6.07, 6.45) is 6.24. The summed E-state index contributed by atoms with van der Waals surface area (Å²) >= 11 is 0. The number of benzene rings is 2. The van der Waals surface area contributed by atoms with Crippen LogP contribution in [0.1, 0.15) is 63.0 Å². The zero-order valence-electron chi connectivity index (χ0n) is 14.8. The van der Waals surface area contributed by atoms with E-state index >= 15 is 0 Å². The van der Waals surface area contributed by atoms with Crippen LogP contribution < -0.4 is 0 Å². The number of phenolic OH excluding ortho intramolecular Hbond substituents is 3. The first-order valence-electron chi connectivity index (χ1n) is 8.92. The highest BCUT2D eigenvalue weighted by molar-refractivity contribution is 5.74. The molecule has 24 heavy (non-hydrogen) atoms. The average Bonchev–Trinajstić information content (AvgIpc) is 2.60. The van der Waals surface area contributed by atoms with Gasteiger partial charge in [0.15, 0.2) is 11.5 Å². The summed E-state index contributed by atoms with van der Waals surface area (Å²) in [6.45, 7) is 6.04. The standard InChI is InChI=1S/C19H22O3.C2H6/c1-12-9-18(21)16(14-7-8-17(20)19(22)10-14)11-15(12)13-5-3-2-4-6-13;1-2/h7-11,13,20-22H,2-6H2,1H3;1-2H3. The monoisotopic (exact) mass is 328 g/mol. The molecule has 0 unspecified atom stereocenters. The first kappa shape index (κ1) is 18.2. The molecule has 3 N–H and O–H groups in total. The van der Waals surface area contributed by atoms with Crippen LogP contribution in [0.25, 0.3) is 11.1 Å². The van der Waals surface area contributed by atoms with Crippen LogP contribution in [0.2, 0.25) is 0 Å². The van der Waals surface area contributed by atoms with E-state index in [0.717, 1.165) is 5.56 Å². The summed E-state index contributed by atoms with van der Waals surface area (Å²) in [5.74, 6) is 0.445. The Morgan fingerprint density at radius 3 is 2.08 bits per heavy atom. The molecule has 1 aliphatic carbocycles. The SMILES string of the molecule is CC.Cc1cc(O)c(-c2ccc(O)c(O)c2)cc1C1CCCCC1. The number of rotatable bonds is 2. The topological polar surface area (TPSA) is 60.7 Å². The van der Waals surface area contributed by atoms with Gasteiger partial charge in [-0.25, -0.2) is 0 Å². The van der Waals surface area contributed by atoms with Crippen LogP contribution in [-0.4, -0.2) is 15.3 Å². The molecule has 130 valence electrons. The van der Waals surface area contributed by atoms with Gasteiger partial charge in [-0.15, -0.1) is 0 Å². The van der Waals surface area contributed by atoms with Crippen LogP contribution in [0.3, 0.4) is 0 Å². The fourth-order valence-electron chi connectivity index (χ4n) is 3.49. The van der Waals surface area contributed by atoms with Gasteiger partial charge in [-0.1, -0.05) is 39.2 Å². The molecular formula is C21H28O3. The number of hydrogen-bond donors (Lipinski definition) is 3.